The third-order valence-corrected chi connectivity index (χ3v) is 6.59. The van der Waals surface area contributed by atoms with Crippen molar-refractivity contribution in [3.63, 3.8) is 0 Å². The Hall–Kier alpha value is -1.34. The summed E-state index contributed by atoms with van der Waals surface area (Å²) in [6.45, 7) is 0.520. The minimum absolute atomic E-state index is 0.0122. The standard InChI is InChI=1S/C18H25N3O2S2/c22-16(12-14-8-5-11-24-14)19-10-9-15-17(23)21-18(25-15)20-13-6-3-1-2-4-7-13/h5,8,11,13,15H,1-4,6-7,9-10,12H2,(H,19,22)(H,20,21,23). The Kier molecular flexibility index (Phi) is 6.93. The maximum atomic E-state index is 12.1. The minimum Gasteiger partial charge on any atom is -0.356 e. The summed E-state index contributed by atoms with van der Waals surface area (Å²) in [6.07, 6.45) is 8.38. The lowest BCUT2D eigenvalue weighted by atomic mass is 10.1. The van der Waals surface area contributed by atoms with Crippen LogP contribution in [0.25, 0.3) is 0 Å². The molecular weight excluding hydrogens is 354 g/mol. The maximum Gasteiger partial charge on any atom is 0.239 e. The molecule has 1 aliphatic carbocycles. The summed E-state index contributed by atoms with van der Waals surface area (Å²) in [5.74, 6) is 0.0306. The summed E-state index contributed by atoms with van der Waals surface area (Å²) < 4.78 is 0. The lowest BCUT2D eigenvalue weighted by Gasteiger charge is -2.09. The fraction of sp³-hybridized carbons (Fsp3) is 0.611. The molecule has 2 fully saturated rings. The van der Waals surface area contributed by atoms with Gasteiger partial charge in [0.2, 0.25) is 11.8 Å². The lowest BCUT2D eigenvalue weighted by molar-refractivity contribution is -0.121. The molecule has 2 amide bonds. The van der Waals surface area contributed by atoms with Crippen molar-refractivity contribution < 1.29 is 9.59 Å². The van der Waals surface area contributed by atoms with Gasteiger partial charge >= 0.3 is 0 Å². The quantitative estimate of drug-likeness (QED) is 0.746. The zero-order chi connectivity index (χ0) is 17.5. The number of carbonyl (C=O) groups excluding carboxylic acids is 2. The van der Waals surface area contributed by atoms with Crippen molar-refractivity contribution in [2.75, 3.05) is 6.54 Å². The zero-order valence-corrected chi connectivity index (χ0v) is 16.0. The van der Waals surface area contributed by atoms with Gasteiger partial charge in [-0.05, 0) is 30.7 Å². The number of amidine groups is 1. The van der Waals surface area contributed by atoms with E-state index >= 15 is 0 Å². The number of nitrogens with one attached hydrogen (secondary N) is 2. The number of hydrogen-bond donors (Lipinski definition) is 2. The van der Waals surface area contributed by atoms with Crippen molar-refractivity contribution in [3.8, 4) is 0 Å². The number of aliphatic imine (C=N–C) groups is 1. The number of hydrogen-bond acceptors (Lipinski definition) is 5. The van der Waals surface area contributed by atoms with Crippen LogP contribution in [0, 0.1) is 0 Å². The number of amides is 2. The number of thiophene rings is 1. The Labute approximate surface area is 157 Å². The minimum atomic E-state index is -0.147. The second-order valence-electron chi connectivity index (χ2n) is 6.57. The van der Waals surface area contributed by atoms with Crippen LogP contribution in [-0.4, -0.2) is 34.8 Å². The van der Waals surface area contributed by atoms with Gasteiger partial charge in [0.25, 0.3) is 0 Å². The summed E-state index contributed by atoms with van der Waals surface area (Å²) in [4.78, 5) is 29.8. The molecule has 0 aromatic carbocycles. The largest absolute Gasteiger partial charge is 0.356 e. The van der Waals surface area contributed by atoms with Crippen LogP contribution >= 0.6 is 23.1 Å². The van der Waals surface area contributed by atoms with Gasteiger partial charge in [-0.15, -0.1) is 11.3 Å². The molecule has 0 radical (unpaired) electrons. The normalized spacial score (nSPS) is 23.4. The Morgan fingerprint density at radius 1 is 1.28 bits per heavy atom. The van der Waals surface area contributed by atoms with Crippen molar-refractivity contribution in [2.24, 2.45) is 4.99 Å². The number of carbonyl (C=O) groups is 2. The molecule has 2 N–H and O–H groups in total. The highest BCUT2D eigenvalue weighted by Gasteiger charge is 2.30. The van der Waals surface area contributed by atoms with Crippen LogP contribution in [0.3, 0.4) is 0 Å². The van der Waals surface area contributed by atoms with Crippen molar-refractivity contribution >= 4 is 40.1 Å². The fourth-order valence-corrected chi connectivity index (χ4v) is 4.93. The summed E-state index contributed by atoms with van der Waals surface area (Å²) >= 11 is 3.10. The van der Waals surface area contributed by atoms with E-state index in [4.69, 9.17) is 4.99 Å². The first-order valence-electron chi connectivity index (χ1n) is 9.05. The predicted molar refractivity (Wildman–Crippen MR) is 104 cm³/mol. The van der Waals surface area contributed by atoms with Crippen LogP contribution in [0.4, 0.5) is 0 Å². The maximum absolute atomic E-state index is 12.1. The van der Waals surface area contributed by atoms with E-state index in [1.807, 2.05) is 17.5 Å². The van der Waals surface area contributed by atoms with E-state index in [0.29, 0.717) is 25.4 Å². The first-order valence-corrected chi connectivity index (χ1v) is 10.8. The van der Waals surface area contributed by atoms with Gasteiger partial charge in [0, 0.05) is 11.4 Å². The molecule has 2 heterocycles. The van der Waals surface area contributed by atoms with Gasteiger partial charge in [0.05, 0.1) is 17.7 Å². The molecule has 3 rings (SSSR count). The summed E-state index contributed by atoms with van der Waals surface area (Å²) in [5, 5.41) is 8.41. The number of nitrogens with zero attached hydrogens (tertiary/aromatic N) is 1. The second kappa shape index (κ2) is 9.38. The molecule has 1 aromatic rings. The third-order valence-electron chi connectivity index (χ3n) is 4.54. The molecule has 1 atom stereocenters. The molecule has 1 saturated carbocycles. The average molecular weight is 380 g/mol. The number of rotatable bonds is 6. The molecule has 1 aliphatic heterocycles. The van der Waals surface area contributed by atoms with Gasteiger partial charge < -0.3 is 10.6 Å². The molecule has 1 unspecified atom stereocenters. The summed E-state index contributed by atoms with van der Waals surface area (Å²) in [6, 6.07) is 4.26. The Bertz CT molecular complexity index is 608. The van der Waals surface area contributed by atoms with Crippen molar-refractivity contribution in [1.82, 2.24) is 10.6 Å². The second-order valence-corrected chi connectivity index (χ2v) is 8.79. The predicted octanol–water partition coefficient (Wildman–Crippen LogP) is 3.11. The lowest BCUT2D eigenvalue weighted by Crippen LogP contribution is -2.31. The highest BCUT2D eigenvalue weighted by atomic mass is 32.2. The highest BCUT2D eigenvalue weighted by Crippen LogP contribution is 2.25. The topological polar surface area (TPSA) is 70.6 Å². The molecule has 7 heteroatoms. The van der Waals surface area contributed by atoms with E-state index in [-0.39, 0.29) is 17.1 Å². The Balaban J connectivity index is 1.41. The molecule has 25 heavy (non-hydrogen) atoms. The SMILES string of the molecule is O=C(Cc1cccs1)NCCC1SC(=NC2CCCCCC2)NC1=O. The summed E-state index contributed by atoms with van der Waals surface area (Å²) in [7, 11) is 0. The monoisotopic (exact) mass is 379 g/mol. The molecule has 2 aliphatic rings. The molecule has 136 valence electrons. The Morgan fingerprint density at radius 3 is 2.80 bits per heavy atom. The number of thioether (sulfide) groups is 1. The van der Waals surface area contributed by atoms with Crippen LogP contribution in [0.1, 0.15) is 49.8 Å². The van der Waals surface area contributed by atoms with Gasteiger partial charge in [0.1, 0.15) is 0 Å². The van der Waals surface area contributed by atoms with Crippen LogP contribution in [-0.2, 0) is 16.0 Å². The first-order chi connectivity index (χ1) is 12.2. The van der Waals surface area contributed by atoms with Gasteiger partial charge in [-0.1, -0.05) is 43.5 Å². The first kappa shape index (κ1) is 18.5. The van der Waals surface area contributed by atoms with Crippen LogP contribution in [0.15, 0.2) is 22.5 Å². The van der Waals surface area contributed by atoms with E-state index < -0.39 is 0 Å². The van der Waals surface area contributed by atoms with Crippen LogP contribution < -0.4 is 10.6 Å². The highest BCUT2D eigenvalue weighted by molar-refractivity contribution is 8.15. The van der Waals surface area contributed by atoms with E-state index in [2.05, 4.69) is 10.6 Å². The van der Waals surface area contributed by atoms with Crippen molar-refractivity contribution in [1.29, 1.82) is 0 Å². The third kappa shape index (κ3) is 5.85. The fourth-order valence-electron chi connectivity index (χ4n) is 3.19. The van der Waals surface area contributed by atoms with Gasteiger partial charge in [0.15, 0.2) is 5.17 Å². The Morgan fingerprint density at radius 2 is 2.08 bits per heavy atom. The van der Waals surface area contributed by atoms with E-state index in [9.17, 15) is 9.59 Å². The van der Waals surface area contributed by atoms with E-state index in [0.717, 1.165) is 22.9 Å². The average Bonchev–Trinajstić information content (AvgIpc) is 3.12. The molecule has 1 aromatic heterocycles. The van der Waals surface area contributed by atoms with Gasteiger partial charge in [-0.2, -0.15) is 0 Å². The van der Waals surface area contributed by atoms with Crippen LogP contribution in [0.2, 0.25) is 0 Å². The summed E-state index contributed by atoms with van der Waals surface area (Å²) in [5.41, 5.74) is 0. The van der Waals surface area contributed by atoms with Crippen molar-refractivity contribution in [3.05, 3.63) is 22.4 Å². The molecule has 0 bridgehead atoms. The smallest absolute Gasteiger partial charge is 0.239 e. The van der Waals surface area contributed by atoms with Gasteiger partial charge in [-0.25, -0.2) is 0 Å². The zero-order valence-electron chi connectivity index (χ0n) is 14.3. The molecule has 5 nitrogen and oxygen atoms in total. The van der Waals surface area contributed by atoms with E-state index in [1.165, 1.54) is 37.4 Å². The molecule has 0 spiro atoms. The van der Waals surface area contributed by atoms with Gasteiger partial charge in [-0.3, -0.25) is 14.6 Å². The van der Waals surface area contributed by atoms with Crippen molar-refractivity contribution in [2.45, 2.75) is 62.7 Å². The van der Waals surface area contributed by atoms with E-state index in [1.54, 1.807) is 11.3 Å². The molecule has 1 saturated heterocycles. The van der Waals surface area contributed by atoms with Crippen LogP contribution in [0.5, 0.6) is 0 Å². The molecular formula is C18H25N3O2S2.